The van der Waals surface area contributed by atoms with Gasteiger partial charge in [0.05, 0.1) is 6.10 Å². The number of hydrogen-bond donors (Lipinski definition) is 2. The lowest BCUT2D eigenvalue weighted by molar-refractivity contribution is -0.135. The number of nitrogens with one attached hydrogen (secondary N) is 1. The van der Waals surface area contributed by atoms with E-state index in [1.165, 1.54) is 24.3 Å². The zero-order chi connectivity index (χ0) is 16.8. The summed E-state index contributed by atoms with van der Waals surface area (Å²) in [7, 11) is 0. The minimum absolute atomic E-state index is 0.00646. The molecule has 2 atom stereocenters. The van der Waals surface area contributed by atoms with Gasteiger partial charge in [0.2, 0.25) is 5.91 Å². The Bertz CT molecular complexity index is 547. The SMILES string of the molecule is CC1CCN(C(=O)CCCNC(=O)c2ccc(F)cc2)CC1O. The highest BCUT2D eigenvalue weighted by molar-refractivity contribution is 5.94. The molecule has 1 heterocycles. The molecule has 1 aliphatic rings. The second-order valence-corrected chi connectivity index (χ2v) is 6.04. The van der Waals surface area contributed by atoms with Crippen LogP contribution in [0.5, 0.6) is 0 Å². The maximum absolute atomic E-state index is 12.8. The average Bonchev–Trinajstić information content (AvgIpc) is 2.54. The van der Waals surface area contributed by atoms with Crippen LogP contribution in [0.3, 0.4) is 0 Å². The van der Waals surface area contributed by atoms with Crippen LogP contribution in [0.1, 0.15) is 36.5 Å². The Kier molecular flexibility index (Phi) is 6.10. The van der Waals surface area contributed by atoms with Crippen LogP contribution in [-0.4, -0.2) is 47.6 Å². The minimum atomic E-state index is -0.453. The molecule has 0 radical (unpaired) electrons. The number of hydrogen-bond acceptors (Lipinski definition) is 3. The van der Waals surface area contributed by atoms with Gasteiger partial charge in [-0.25, -0.2) is 4.39 Å². The van der Waals surface area contributed by atoms with Crippen LogP contribution in [0.2, 0.25) is 0 Å². The van der Waals surface area contributed by atoms with Crippen molar-refractivity contribution >= 4 is 11.8 Å². The molecule has 2 unspecified atom stereocenters. The lowest BCUT2D eigenvalue weighted by Gasteiger charge is -2.34. The molecule has 0 saturated carbocycles. The smallest absolute Gasteiger partial charge is 0.251 e. The third kappa shape index (κ3) is 5.03. The second kappa shape index (κ2) is 8.06. The molecule has 1 aliphatic heterocycles. The molecule has 1 aromatic carbocycles. The second-order valence-electron chi connectivity index (χ2n) is 6.04. The predicted molar refractivity (Wildman–Crippen MR) is 84.3 cm³/mol. The first-order valence-electron chi connectivity index (χ1n) is 7.97. The molecule has 2 amide bonds. The quantitative estimate of drug-likeness (QED) is 0.809. The number of aliphatic hydroxyl groups is 1. The molecule has 126 valence electrons. The highest BCUT2D eigenvalue weighted by atomic mass is 19.1. The van der Waals surface area contributed by atoms with E-state index in [2.05, 4.69) is 5.32 Å². The normalized spacial score (nSPS) is 21.1. The van der Waals surface area contributed by atoms with Gasteiger partial charge in [-0.1, -0.05) is 6.92 Å². The lowest BCUT2D eigenvalue weighted by Crippen LogP contribution is -2.45. The van der Waals surface area contributed by atoms with Gasteiger partial charge in [0.1, 0.15) is 5.82 Å². The number of carbonyl (C=O) groups is 2. The number of β-amino-alcohol motifs (C(OH)–C–C–N with tert-alkyl or cyclic N) is 1. The third-order valence-electron chi connectivity index (χ3n) is 4.23. The number of halogens is 1. The van der Waals surface area contributed by atoms with E-state index in [1.807, 2.05) is 6.92 Å². The van der Waals surface area contributed by atoms with E-state index in [9.17, 15) is 19.1 Å². The monoisotopic (exact) mass is 322 g/mol. The summed E-state index contributed by atoms with van der Waals surface area (Å²) in [5.41, 5.74) is 0.394. The Morgan fingerprint density at radius 3 is 2.70 bits per heavy atom. The van der Waals surface area contributed by atoms with Crippen molar-refractivity contribution in [2.45, 2.75) is 32.3 Å². The van der Waals surface area contributed by atoms with Crippen LogP contribution in [0.15, 0.2) is 24.3 Å². The van der Waals surface area contributed by atoms with Gasteiger partial charge < -0.3 is 15.3 Å². The molecule has 0 bridgehead atoms. The number of carbonyl (C=O) groups excluding carboxylic acids is 2. The molecular weight excluding hydrogens is 299 g/mol. The maximum Gasteiger partial charge on any atom is 0.251 e. The first kappa shape index (κ1) is 17.4. The summed E-state index contributed by atoms with van der Waals surface area (Å²) in [5, 5.41) is 12.5. The molecule has 1 aromatic rings. The van der Waals surface area contributed by atoms with Gasteiger partial charge in [-0.05, 0) is 43.0 Å². The first-order chi connectivity index (χ1) is 11.0. The zero-order valence-electron chi connectivity index (χ0n) is 13.3. The van der Waals surface area contributed by atoms with Crippen LogP contribution < -0.4 is 5.32 Å². The number of benzene rings is 1. The van der Waals surface area contributed by atoms with E-state index in [4.69, 9.17) is 0 Å². The van der Waals surface area contributed by atoms with Gasteiger partial charge in [0, 0.05) is 31.6 Å². The van der Waals surface area contributed by atoms with Crippen molar-refractivity contribution in [1.29, 1.82) is 0 Å². The topological polar surface area (TPSA) is 69.6 Å². The summed E-state index contributed by atoms with van der Waals surface area (Å²) in [4.78, 5) is 25.6. The van der Waals surface area contributed by atoms with E-state index in [0.29, 0.717) is 38.0 Å². The van der Waals surface area contributed by atoms with E-state index in [0.717, 1.165) is 6.42 Å². The predicted octanol–water partition coefficient (Wildman–Crippen LogP) is 1.56. The summed E-state index contributed by atoms with van der Waals surface area (Å²) < 4.78 is 12.8. The Hall–Kier alpha value is -1.95. The first-order valence-corrected chi connectivity index (χ1v) is 7.97. The molecule has 2 N–H and O–H groups in total. The van der Waals surface area contributed by atoms with Crippen molar-refractivity contribution in [2.24, 2.45) is 5.92 Å². The molecule has 5 nitrogen and oxygen atoms in total. The number of rotatable bonds is 5. The Morgan fingerprint density at radius 2 is 2.04 bits per heavy atom. The van der Waals surface area contributed by atoms with Crippen molar-refractivity contribution in [3.63, 3.8) is 0 Å². The summed E-state index contributed by atoms with van der Waals surface area (Å²) in [6, 6.07) is 5.32. The van der Waals surface area contributed by atoms with E-state index in [-0.39, 0.29) is 23.5 Å². The van der Waals surface area contributed by atoms with Crippen LogP contribution in [0.4, 0.5) is 4.39 Å². The molecular formula is C17H23FN2O3. The van der Waals surface area contributed by atoms with Crippen molar-refractivity contribution in [3.8, 4) is 0 Å². The van der Waals surface area contributed by atoms with Crippen LogP contribution in [-0.2, 0) is 4.79 Å². The standard InChI is InChI=1S/C17H23FN2O3/c1-12-8-10-20(11-15(12)21)16(22)3-2-9-19-17(23)13-4-6-14(18)7-5-13/h4-7,12,15,21H,2-3,8-11H2,1H3,(H,19,23). The zero-order valence-corrected chi connectivity index (χ0v) is 13.3. The molecule has 0 spiro atoms. The molecule has 0 aromatic heterocycles. The van der Waals surface area contributed by atoms with E-state index in [1.54, 1.807) is 4.90 Å². The Morgan fingerprint density at radius 1 is 1.35 bits per heavy atom. The molecule has 1 fully saturated rings. The summed E-state index contributed by atoms with van der Waals surface area (Å²) in [6.07, 6.45) is 1.23. The van der Waals surface area contributed by atoms with E-state index < -0.39 is 6.10 Å². The summed E-state index contributed by atoms with van der Waals surface area (Å²) in [6.45, 7) is 3.44. The van der Waals surface area contributed by atoms with Crippen molar-refractivity contribution < 1.29 is 19.1 Å². The van der Waals surface area contributed by atoms with Crippen LogP contribution in [0, 0.1) is 11.7 Å². The lowest BCUT2D eigenvalue weighted by atomic mass is 9.96. The summed E-state index contributed by atoms with van der Waals surface area (Å²) >= 11 is 0. The van der Waals surface area contributed by atoms with Gasteiger partial charge in [0.25, 0.3) is 5.91 Å². The van der Waals surface area contributed by atoms with Gasteiger partial charge in [0.15, 0.2) is 0 Å². The highest BCUT2D eigenvalue weighted by Gasteiger charge is 2.26. The van der Waals surface area contributed by atoms with Crippen LogP contribution >= 0.6 is 0 Å². The van der Waals surface area contributed by atoms with Gasteiger partial charge >= 0.3 is 0 Å². The number of likely N-dealkylation sites (tertiary alicyclic amines) is 1. The molecule has 23 heavy (non-hydrogen) atoms. The number of piperidine rings is 1. The Balaban J connectivity index is 1.68. The van der Waals surface area contributed by atoms with E-state index >= 15 is 0 Å². The molecule has 6 heteroatoms. The maximum atomic E-state index is 12.8. The number of amides is 2. The average molecular weight is 322 g/mol. The molecule has 2 rings (SSSR count). The fraction of sp³-hybridized carbons (Fsp3) is 0.529. The highest BCUT2D eigenvalue weighted by Crippen LogP contribution is 2.17. The fourth-order valence-electron chi connectivity index (χ4n) is 2.58. The number of aliphatic hydroxyl groups excluding tert-OH is 1. The van der Waals surface area contributed by atoms with Crippen molar-refractivity contribution in [1.82, 2.24) is 10.2 Å². The third-order valence-corrected chi connectivity index (χ3v) is 4.23. The van der Waals surface area contributed by atoms with Crippen LogP contribution in [0.25, 0.3) is 0 Å². The molecule has 0 aliphatic carbocycles. The Labute approximate surface area is 135 Å². The molecule has 1 saturated heterocycles. The van der Waals surface area contributed by atoms with Crippen molar-refractivity contribution in [2.75, 3.05) is 19.6 Å². The summed E-state index contributed by atoms with van der Waals surface area (Å²) in [5.74, 6) is -0.425. The number of nitrogens with zero attached hydrogens (tertiary/aromatic N) is 1. The van der Waals surface area contributed by atoms with Gasteiger partial charge in [-0.2, -0.15) is 0 Å². The van der Waals surface area contributed by atoms with Gasteiger partial charge in [-0.15, -0.1) is 0 Å². The van der Waals surface area contributed by atoms with Gasteiger partial charge in [-0.3, -0.25) is 9.59 Å². The fourth-order valence-corrected chi connectivity index (χ4v) is 2.58. The largest absolute Gasteiger partial charge is 0.391 e. The van der Waals surface area contributed by atoms with Crippen molar-refractivity contribution in [3.05, 3.63) is 35.6 Å². The minimum Gasteiger partial charge on any atom is -0.391 e.